The summed E-state index contributed by atoms with van der Waals surface area (Å²) in [6.45, 7) is 2.41. The number of rotatable bonds is 4. The number of thiocarbonyl (C=S) groups is 1. The number of nitrogens with zero attached hydrogens (tertiary/aromatic N) is 1. The van der Waals surface area contributed by atoms with Crippen LogP contribution >= 0.6 is 12.2 Å². The Hall–Kier alpha value is -1.49. The molecular weight excluding hydrogens is 270 g/mol. The van der Waals surface area contributed by atoms with Crippen LogP contribution in [0.25, 0.3) is 0 Å². The molecular formula is C15H21N3OS. The summed E-state index contributed by atoms with van der Waals surface area (Å²) in [6.07, 6.45) is 6.42. The van der Waals surface area contributed by atoms with Crippen molar-refractivity contribution in [3.8, 4) is 0 Å². The van der Waals surface area contributed by atoms with E-state index in [0.717, 1.165) is 43.4 Å². The number of hydrogen-bond acceptors (Lipinski definition) is 3. The molecule has 1 saturated carbocycles. The Morgan fingerprint density at radius 2 is 2.15 bits per heavy atom. The minimum atomic E-state index is -0.656. The van der Waals surface area contributed by atoms with Gasteiger partial charge in [-0.15, -0.1) is 0 Å². The number of aryl methyl sites for hydroxylation is 1. The quantitative estimate of drug-likeness (QED) is 0.835. The molecule has 1 aliphatic rings. The highest BCUT2D eigenvalue weighted by Gasteiger charge is 2.42. The topological polar surface area (TPSA) is 68.0 Å². The molecule has 1 fully saturated rings. The van der Waals surface area contributed by atoms with Gasteiger partial charge in [0.2, 0.25) is 5.91 Å². The Kier molecular flexibility index (Phi) is 4.70. The first-order chi connectivity index (χ1) is 9.56. The van der Waals surface area contributed by atoms with Crippen molar-refractivity contribution in [2.75, 3.05) is 0 Å². The van der Waals surface area contributed by atoms with Gasteiger partial charge in [0.25, 0.3) is 0 Å². The molecule has 20 heavy (non-hydrogen) atoms. The molecule has 1 heterocycles. The molecule has 2 rings (SSSR count). The van der Waals surface area contributed by atoms with Gasteiger partial charge in [0, 0.05) is 6.20 Å². The number of nitrogens with two attached hydrogens (primary N) is 1. The van der Waals surface area contributed by atoms with Crippen LogP contribution in [0.15, 0.2) is 18.3 Å². The van der Waals surface area contributed by atoms with E-state index < -0.39 is 5.41 Å². The minimum Gasteiger partial charge on any atom is -0.392 e. The van der Waals surface area contributed by atoms with Gasteiger partial charge in [-0.3, -0.25) is 9.78 Å². The average molecular weight is 291 g/mol. The predicted molar refractivity (Wildman–Crippen MR) is 83.1 cm³/mol. The van der Waals surface area contributed by atoms with E-state index in [-0.39, 0.29) is 5.91 Å². The fourth-order valence-electron chi connectivity index (χ4n) is 2.78. The highest BCUT2D eigenvalue weighted by Crippen LogP contribution is 2.37. The summed E-state index contributed by atoms with van der Waals surface area (Å²) < 4.78 is 0. The van der Waals surface area contributed by atoms with Crippen LogP contribution in [0.1, 0.15) is 43.4 Å². The molecule has 0 aliphatic heterocycles. The van der Waals surface area contributed by atoms with Crippen LogP contribution in [-0.4, -0.2) is 15.9 Å². The monoisotopic (exact) mass is 291 g/mol. The molecule has 4 nitrogen and oxygen atoms in total. The Bertz CT molecular complexity index is 510. The highest BCUT2D eigenvalue weighted by atomic mass is 32.1. The summed E-state index contributed by atoms with van der Waals surface area (Å²) in [4.78, 5) is 17.2. The standard InChI is InChI=1S/C15H21N3OS/c1-11-6-5-9-17-12(11)10-18-14(19)15(13(16)20)7-3-2-4-8-15/h5-6,9H,2-4,7-8,10H2,1H3,(H2,16,20)(H,18,19). The third-order valence-corrected chi connectivity index (χ3v) is 4.54. The first-order valence-corrected chi connectivity index (χ1v) is 7.46. The van der Waals surface area contributed by atoms with Gasteiger partial charge in [-0.25, -0.2) is 0 Å². The lowest BCUT2D eigenvalue weighted by atomic mass is 9.73. The number of amides is 1. The summed E-state index contributed by atoms with van der Waals surface area (Å²) in [5.41, 5.74) is 7.15. The zero-order valence-electron chi connectivity index (χ0n) is 11.8. The molecule has 0 unspecified atom stereocenters. The molecule has 5 heteroatoms. The van der Waals surface area contributed by atoms with E-state index in [0.29, 0.717) is 11.5 Å². The van der Waals surface area contributed by atoms with Crippen LogP contribution in [0.5, 0.6) is 0 Å². The van der Waals surface area contributed by atoms with Crippen molar-refractivity contribution in [1.82, 2.24) is 10.3 Å². The van der Waals surface area contributed by atoms with E-state index in [9.17, 15) is 4.79 Å². The number of carbonyl (C=O) groups excluding carboxylic acids is 1. The van der Waals surface area contributed by atoms with Crippen LogP contribution in [0.3, 0.4) is 0 Å². The second kappa shape index (κ2) is 6.31. The van der Waals surface area contributed by atoms with Gasteiger partial charge in [0.05, 0.1) is 22.6 Å². The number of hydrogen-bond donors (Lipinski definition) is 2. The van der Waals surface area contributed by atoms with Crippen LogP contribution < -0.4 is 11.1 Å². The molecule has 1 aromatic heterocycles. The van der Waals surface area contributed by atoms with Gasteiger partial charge >= 0.3 is 0 Å². The van der Waals surface area contributed by atoms with Gasteiger partial charge < -0.3 is 11.1 Å². The van der Waals surface area contributed by atoms with Crippen LogP contribution in [0.2, 0.25) is 0 Å². The van der Waals surface area contributed by atoms with E-state index in [2.05, 4.69) is 10.3 Å². The normalized spacial score (nSPS) is 17.4. The van der Waals surface area contributed by atoms with Crippen molar-refractivity contribution in [2.45, 2.75) is 45.6 Å². The van der Waals surface area contributed by atoms with Gasteiger partial charge in [-0.2, -0.15) is 0 Å². The van der Waals surface area contributed by atoms with Crippen LogP contribution in [0.4, 0.5) is 0 Å². The van der Waals surface area contributed by atoms with Crippen molar-refractivity contribution < 1.29 is 4.79 Å². The molecule has 0 atom stereocenters. The summed E-state index contributed by atoms with van der Waals surface area (Å²) in [7, 11) is 0. The molecule has 108 valence electrons. The largest absolute Gasteiger partial charge is 0.392 e. The first kappa shape index (κ1) is 14.9. The molecule has 0 saturated heterocycles. The maximum absolute atomic E-state index is 12.5. The summed E-state index contributed by atoms with van der Waals surface area (Å²) in [5.74, 6) is -0.0465. The van der Waals surface area contributed by atoms with Gasteiger partial charge in [0.15, 0.2) is 0 Å². The van der Waals surface area contributed by atoms with Gasteiger partial charge in [0.1, 0.15) is 0 Å². The summed E-state index contributed by atoms with van der Waals surface area (Å²) >= 11 is 5.16. The zero-order chi connectivity index (χ0) is 14.6. The average Bonchev–Trinajstić information content (AvgIpc) is 2.46. The molecule has 1 amide bonds. The van der Waals surface area contributed by atoms with Crippen LogP contribution in [0, 0.1) is 12.3 Å². The molecule has 1 aliphatic carbocycles. The van der Waals surface area contributed by atoms with Crippen molar-refractivity contribution in [1.29, 1.82) is 0 Å². The maximum atomic E-state index is 12.5. The Morgan fingerprint density at radius 1 is 1.45 bits per heavy atom. The lowest BCUT2D eigenvalue weighted by Gasteiger charge is -2.34. The van der Waals surface area contributed by atoms with E-state index in [1.54, 1.807) is 6.20 Å². The maximum Gasteiger partial charge on any atom is 0.233 e. The van der Waals surface area contributed by atoms with Crippen molar-refractivity contribution in [3.05, 3.63) is 29.6 Å². The number of aromatic nitrogens is 1. The Labute approximate surface area is 125 Å². The third-order valence-electron chi connectivity index (χ3n) is 4.15. The van der Waals surface area contributed by atoms with Crippen molar-refractivity contribution in [3.63, 3.8) is 0 Å². The van der Waals surface area contributed by atoms with Crippen molar-refractivity contribution in [2.24, 2.45) is 11.1 Å². The lowest BCUT2D eigenvalue weighted by Crippen LogP contribution is -2.49. The van der Waals surface area contributed by atoms with Crippen molar-refractivity contribution >= 4 is 23.1 Å². The third kappa shape index (κ3) is 2.98. The summed E-state index contributed by atoms with van der Waals surface area (Å²) in [5, 5.41) is 2.96. The fraction of sp³-hybridized carbons (Fsp3) is 0.533. The number of pyridine rings is 1. The van der Waals surface area contributed by atoms with Crippen LogP contribution in [-0.2, 0) is 11.3 Å². The summed E-state index contributed by atoms with van der Waals surface area (Å²) in [6, 6.07) is 3.87. The first-order valence-electron chi connectivity index (χ1n) is 7.05. The molecule has 1 aromatic rings. The minimum absolute atomic E-state index is 0.0465. The van der Waals surface area contributed by atoms with E-state index >= 15 is 0 Å². The highest BCUT2D eigenvalue weighted by molar-refractivity contribution is 7.80. The van der Waals surface area contributed by atoms with E-state index in [1.165, 1.54) is 0 Å². The smallest absolute Gasteiger partial charge is 0.233 e. The molecule has 0 radical (unpaired) electrons. The predicted octanol–water partition coefficient (Wildman–Crippen LogP) is 2.24. The number of carbonyl (C=O) groups is 1. The Balaban J connectivity index is 2.06. The van der Waals surface area contributed by atoms with Gasteiger partial charge in [-0.1, -0.05) is 37.5 Å². The van der Waals surface area contributed by atoms with E-state index in [1.807, 2.05) is 19.1 Å². The second-order valence-electron chi connectivity index (χ2n) is 5.46. The molecule has 3 N–H and O–H groups in total. The van der Waals surface area contributed by atoms with E-state index in [4.69, 9.17) is 18.0 Å². The Morgan fingerprint density at radius 3 is 2.75 bits per heavy atom. The SMILES string of the molecule is Cc1cccnc1CNC(=O)C1(C(N)=S)CCCCC1. The van der Waals surface area contributed by atoms with Gasteiger partial charge in [-0.05, 0) is 31.4 Å². The molecule has 0 spiro atoms. The molecule has 0 bridgehead atoms. The second-order valence-corrected chi connectivity index (χ2v) is 5.90. The zero-order valence-corrected chi connectivity index (χ0v) is 12.6. The molecule has 0 aromatic carbocycles. The number of nitrogens with one attached hydrogen (secondary N) is 1. The lowest BCUT2D eigenvalue weighted by molar-refractivity contribution is -0.129. The fourth-order valence-corrected chi connectivity index (χ4v) is 3.07.